The fourth-order valence-electron chi connectivity index (χ4n) is 2.37. The van der Waals surface area contributed by atoms with Gasteiger partial charge in [-0.1, -0.05) is 48.0 Å². The van der Waals surface area contributed by atoms with Crippen molar-refractivity contribution in [1.82, 2.24) is 10.9 Å². The molecule has 0 heterocycles. The van der Waals surface area contributed by atoms with Crippen molar-refractivity contribution >= 4 is 29.5 Å². The smallest absolute Gasteiger partial charge is 0.262 e. The number of hydrogen-bond acceptors (Lipinski definition) is 3. The van der Waals surface area contributed by atoms with Crippen molar-refractivity contribution < 1.29 is 14.4 Å². The molecule has 3 amide bonds. The minimum Gasteiger partial charge on any atom is -0.326 e. The van der Waals surface area contributed by atoms with Crippen LogP contribution in [0.4, 0.5) is 5.69 Å². The monoisotopic (exact) mass is 365 g/mol. The first-order chi connectivity index (χ1) is 12.9. The van der Waals surface area contributed by atoms with E-state index in [2.05, 4.69) is 16.2 Å². The second kappa shape index (κ2) is 9.91. The normalized spacial score (nSPS) is 10.4. The first kappa shape index (κ1) is 19.9. The van der Waals surface area contributed by atoms with Crippen molar-refractivity contribution in [2.24, 2.45) is 0 Å². The molecule has 6 heteroatoms. The number of benzene rings is 2. The molecule has 0 bridgehead atoms. The molecule has 27 heavy (non-hydrogen) atoms. The Morgan fingerprint density at radius 2 is 1.59 bits per heavy atom. The van der Waals surface area contributed by atoms with Crippen molar-refractivity contribution in [3.63, 3.8) is 0 Å². The molecule has 3 N–H and O–H groups in total. The highest BCUT2D eigenvalue weighted by Crippen LogP contribution is 2.16. The first-order valence-electron chi connectivity index (χ1n) is 8.63. The summed E-state index contributed by atoms with van der Waals surface area (Å²) in [5.74, 6) is -1.15. The van der Waals surface area contributed by atoms with Crippen molar-refractivity contribution in [1.29, 1.82) is 0 Å². The molecule has 0 spiro atoms. The Labute approximate surface area is 158 Å². The molecule has 6 nitrogen and oxygen atoms in total. The zero-order valence-corrected chi connectivity index (χ0v) is 15.4. The maximum absolute atomic E-state index is 12.0. The molecule has 0 aliphatic rings. The molecule has 2 aromatic rings. The van der Waals surface area contributed by atoms with Crippen LogP contribution >= 0.6 is 0 Å². The lowest BCUT2D eigenvalue weighted by Gasteiger charge is -2.09. The SMILES string of the molecule is Cc1ccc(NC(=O)CCC(=O)NNC(=O)C=Cc2ccccc2)c(C)c1. The predicted molar refractivity (Wildman–Crippen MR) is 106 cm³/mol. The molecule has 2 aromatic carbocycles. The standard InChI is InChI=1S/C21H23N3O3/c1-15-8-10-18(16(2)14-15)22-19(25)12-13-21(27)24-23-20(26)11-9-17-6-4-3-5-7-17/h3-11,14H,12-13H2,1-2H3,(H,22,25)(H,23,26)(H,24,27). The maximum atomic E-state index is 12.0. The van der Waals surface area contributed by atoms with E-state index < -0.39 is 11.8 Å². The number of hydrogen-bond donors (Lipinski definition) is 3. The van der Waals surface area contributed by atoms with Gasteiger partial charge >= 0.3 is 0 Å². The predicted octanol–water partition coefficient (Wildman–Crippen LogP) is 2.88. The number of carbonyl (C=O) groups is 3. The van der Waals surface area contributed by atoms with Gasteiger partial charge in [0.1, 0.15) is 0 Å². The van der Waals surface area contributed by atoms with Gasteiger partial charge in [-0.05, 0) is 37.1 Å². The summed E-state index contributed by atoms with van der Waals surface area (Å²) in [5.41, 5.74) is 8.25. The van der Waals surface area contributed by atoms with E-state index in [-0.39, 0.29) is 18.7 Å². The number of rotatable bonds is 6. The van der Waals surface area contributed by atoms with Crippen LogP contribution in [0.15, 0.2) is 54.6 Å². The average Bonchev–Trinajstić information content (AvgIpc) is 2.66. The van der Waals surface area contributed by atoms with Gasteiger partial charge in [0, 0.05) is 24.6 Å². The van der Waals surface area contributed by atoms with Crippen LogP contribution in [-0.4, -0.2) is 17.7 Å². The lowest BCUT2D eigenvalue weighted by Crippen LogP contribution is -2.41. The molecule has 0 fully saturated rings. The third kappa shape index (κ3) is 7.15. The van der Waals surface area contributed by atoms with Crippen LogP contribution in [0.2, 0.25) is 0 Å². The Bertz CT molecular complexity index is 845. The van der Waals surface area contributed by atoms with E-state index in [0.29, 0.717) is 0 Å². The Hall–Kier alpha value is -3.41. The molecular formula is C21H23N3O3. The number of aryl methyl sites for hydroxylation is 2. The lowest BCUT2D eigenvalue weighted by atomic mass is 10.1. The number of anilines is 1. The highest BCUT2D eigenvalue weighted by atomic mass is 16.2. The second-order valence-corrected chi connectivity index (χ2v) is 6.15. The zero-order chi connectivity index (χ0) is 19.6. The van der Waals surface area contributed by atoms with Gasteiger partial charge in [0.25, 0.3) is 5.91 Å². The number of amides is 3. The van der Waals surface area contributed by atoms with Crippen LogP contribution in [0.1, 0.15) is 29.5 Å². The molecule has 0 aromatic heterocycles. The lowest BCUT2D eigenvalue weighted by molar-refractivity contribution is -0.128. The molecule has 0 aliphatic carbocycles. The van der Waals surface area contributed by atoms with Crippen LogP contribution < -0.4 is 16.2 Å². The zero-order valence-electron chi connectivity index (χ0n) is 15.4. The van der Waals surface area contributed by atoms with E-state index in [0.717, 1.165) is 22.4 Å². The van der Waals surface area contributed by atoms with Gasteiger partial charge in [-0.2, -0.15) is 0 Å². The first-order valence-corrected chi connectivity index (χ1v) is 8.63. The van der Waals surface area contributed by atoms with E-state index in [1.54, 1.807) is 6.08 Å². The summed E-state index contributed by atoms with van der Waals surface area (Å²) in [5, 5.41) is 2.78. The van der Waals surface area contributed by atoms with E-state index >= 15 is 0 Å². The van der Waals surface area contributed by atoms with Crippen molar-refractivity contribution in [2.45, 2.75) is 26.7 Å². The highest BCUT2D eigenvalue weighted by Gasteiger charge is 2.09. The van der Waals surface area contributed by atoms with Crippen LogP contribution in [-0.2, 0) is 14.4 Å². The van der Waals surface area contributed by atoms with Crippen molar-refractivity contribution in [3.8, 4) is 0 Å². The van der Waals surface area contributed by atoms with Gasteiger partial charge < -0.3 is 5.32 Å². The van der Waals surface area contributed by atoms with Crippen LogP contribution in [0, 0.1) is 13.8 Å². The Morgan fingerprint density at radius 3 is 2.30 bits per heavy atom. The third-order valence-electron chi connectivity index (χ3n) is 3.79. The molecular weight excluding hydrogens is 342 g/mol. The Morgan fingerprint density at radius 1 is 0.889 bits per heavy atom. The summed E-state index contributed by atoms with van der Waals surface area (Å²) in [7, 11) is 0. The summed E-state index contributed by atoms with van der Waals surface area (Å²) in [6.07, 6.45) is 2.95. The number of hydrazine groups is 1. The molecule has 0 saturated heterocycles. The topological polar surface area (TPSA) is 87.3 Å². The summed E-state index contributed by atoms with van der Waals surface area (Å²) in [6.45, 7) is 3.89. The molecule has 0 saturated carbocycles. The molecule has 0 unspecified atom stereocenters. The molecule has 2 rings (SSSR count). The Balaban J connectivity index is 1.70. The minimum atomic E-state index is -0.452. The molecule has 0 atom stereocenters. The van der Waals surface area contributed by atoms with Crippen molar-refractivity contribution in [3.05, 3.63) is 71.3 Å². The largest absolute Gasteiger partial charge is 0.326 e. The third-order valence-corrected chi connectivity index (χ3v) is 3.79. The van der Waals surface area contributed by atoms with E-state index in [1.165, 1.54) is 6.08 Å². The van der Waals surface area contributed by atoms with Gasteiger partial charge in [-0.3, -0.25) is 25.2 Å². The molecule has 140 valence electrons. The van der Waals surface area contributed by atoms with Gasteiger partial charge in [0.05, 0.1) is 0 Å². The number of nitrogens with one attached hydrogen (secondary N) is 3. The van der Waals surface area contributed by atoms with Gasteiger partial charge in [0.2, 0.25) is 11.8 Å². The van der Waals surface area contributed by atoms with Crippen LogP contribution in [0.3, 0.4) is 0 Å². The summed E-state index contributed by atoms with van der Waals surface area (Å²) in [6, 6.07) is 15.0. The van der Waals surface area contributed by atoms with Gasteiger partial charge in [0.15, 0.2) is 0 Å². The van der Waals surface area contributed by atoms with Gasteiger partial charge in [-0.15, -0.1) is 0 Å². The molecule has 0 radical (unpaired) electrons. The second-order valence-electron chi connectivity index (χ2n) is 6.15. The van der Waals surface area contributed by atoms with Crippen molar-refractivity contribution in [2.75, 3.05) is 5.32 Å². The summed E-state index contributed by atoms with van der Waals surface area (Å²) in [4.78, 5) is 35.4. The quantitative estimate of drug-likeness (QED) is 0.543. The van der Waals surface area contributed by atoms with Crippen LogP contribution in [0.25, 0.3) is 6.08 Å². The maximum Gasteiger partial charge on any atom is 0.262 e. The van der Waals surface area contributed by atoms with E-state index in [4.69, 9.17) is 0 Å². The van der Waals surface area contributed by atoms with E-state index in [9.17, 15) is 14.4 Å². The highest BCUT2D eigenvalue weighted by molar-refractivity contribution is 5.95. The number of carbonyl (C=O) groups excluding carboxylic acids is 3. The molecule has 0 aliphatic heterocycles. The van der Waals surface area contributed by atoms with E-state index in [1.807, 2.05) is 62.4 Å². The minimum absolute atomic E-state index is 0.0227. The summed E-state index contributed by atoms with van der Waals surface area (Å²) >= 11 is 0. The van der Waals surface area contributed by atoms with Gasteiger partial charge in [-0.25, -0.2) is 0 Å². The van der Waals surface area contributed by atoms with Crippen LogP contribution in [0.5, 0.6) is 0 Å². The fraction of sp³-hybridized carbons (Fsp3) is 0.190. The summed E-state index contributed by atoms with van der Waals surface area (Å²) < 4.78 is 0. The fourth-order valence-corrected chi connectivity index (χ4v) is 2.37. The Kier molecular flexibility index (Phi) is 7.31. The average molecular weight is 365 g/mol.